The fraction of sp³-hybridized carbons (Fsp3) is 0.727. The molecular formula is C11H17N3O2. The topological polar surface area (TPSA) is 68.0 Å². The van der Waals surface area contributed by atoms with Gasteiger partial charge >= 0.3 is 5.97 Å². The van der Waals surface area contributed by atoms with Crippen molar-refractivity contribution in [3.05, 3.63) is 11.4 Å². The van der Waals surface area contributed by atoms with Crippen LogP contribution in [0.5, 0.6) is 0 Å². The number of nitrogens with zero attached hydrogens (tertiary/aromatic N) is 3. The Bertz CT molecular complexity index is 398. The Labute approximate surface area is 94.5 Å². The molecule has 88 valence electrons. The van der Waals surface area contributed by atoms with Crippen LogP contribution in [0.2, 0.25) is 0 Å². The van der Waals surface area contributed by atoms with Crippen LogP contribution < -0.4 is 0 Å². The Morgan fingerprint density at radius 2 is 2.38 bits per heavy atom. The molecule has 5 heteroatoms. The minimum absolute atomic E-state index is 0.224. The summed E-state index contributed by atoms with van der Waals surface area (Å²) in [6.07, 6.45) is 2.83. The SMILES string of the molecule is CC(C)n1nnc2c1CCC(CC(=O)O)C2. The van der Waals surface area contributed by atoms with E-state index in [0.717, 1.165) is 25.0 Å². The Hall–Kier alpha value is -1.39. The first-order valence-corrected chi connectivity index (χ1v) is 5.72. The summed E-state index contributed by atoms with van der Waals surface area (Å²) in [6.45, 7) is 4.16. The van der Waals surface area contributed by atoms with Crippen molar-refractivity contribution < 1.29 is 9.90 Å². The highest BCUT2D eigenvalue weighted by Gasteiger charge is 2.25. The van der Waals surface area contributed by atoms with Gasteiger partial charge in [-0.15, -0.1) is 5.10 Å². The lowest BCUT2D eigenvalue weighted by Crippen LogP contribution is -2.19. The van der Waals surface area contributed by atoms with E-state index in [2.05, 4.69) is 24.2 Å². The van der Waals surface area contributed by atoms with Crippen LogP contribution in [0.15, 0.2) is 0 Å². The number of hydrogen-bond donors (Lipinski definition) is 1. The van der Waals surface area contributed by atoms with E-state index in [9.17, 15) is 4.79 Å². The van der Waals surface area contributed by atoms with Crippen molar-refractivity contribution in [3.63, 3.8) is 0 Å². The molecule has 2 rings (SSSR count). The fourth-order valence-corrected chi connectivity index (χ4v) is 2.32. The zero-order chi connectivity index (χ0) is 11.7. The van der Waals surface area contributed by atoms with Crippen molar-refractivity contribution in [1.82, 2.24) is 15.0 Å². The molecule has 0 aliphatic heterocycles. The minimum Gasteiger partial charge on any atom is -0.481 e. The van der Waals surface area contributed by atoms with E-state index in [-0.39, 0.29) is 12.3 Å². The maximum Gasteiger partial charge on any atom is 0.303 e. The van der Waals surface area contributed by atoms with Crippen LogP contribution in [0.25, 0.3) is 0 Å². The number of hydrogen-bond acceptors (Lipinski definition) is 3. The monoisotopic (exact) mass is 223 g/mol. The molecule has 0 amide bonds. The van der Waals surface area contributed by atoms with Gasteiger partial charge in [-0.05, 0) is 39.0 Å². The summed E-state index contributed by atoms with van der Waals surface area (Å²) in [4.78, 5) is 10.7. The molecule has 1 aromatic rings. The maximum atomic E-state index is 10.7. The smallest absolute Gasteiger partial charge is 0.303 e. The number of carboxylic acid groups (broad SMARTS) is 1. The zero-order valence-corrected chi connectivity index (χ0v) is 9.68. The molecule has 1 aromatic heterocycles. The van der Waals surface area contributed by atoms with E-state index in [1.54, 1.807) is 0 Å². The largest absolute Gasteiger partial charge is 0.481 e. The highest BCUT2D eigenvalue weighted by Crippen LogP contribution is 2.27. The van der Waals surface area contributed by atoms with E-state index >= 15 is 0 Å². The van der Waals surface area contributed by atoms with Crippen LogP contribution in [0.4, 0.5) is 0 Å². The van der Waals surface area contributed by atoms with Gasteiger partial charge in [-0.3, -0.25) is 4.79 Å². The summed E-state index contributed by atoms with van der Waals surface area (Å²) < 4.78 is 1.95. The lowest BCUT2D eigenvalue weighted by molar-refractivity contribution is -0.138. The highest BCUT2D eigenvalue weighted by molar-refractivity contribution is 5.67. The van der Waals surface area contributed by atoms with Crippen molar-refractivity contribution in [1.29, 1.82) is 0 Å². The van der Waals surface area contributed by atoms with Gasteiger partial charge < -0.3 is 5.11 Å². The van der Waals surface area contributed by atoms with Crippen LogP contribution in [-0.2, 0) is 17.6 Å². The van der Waals surface area contributed by atoms with Crippen LogP contribution in [0.3, 0.4) is 0 Å². The number of rotatable bonds is 3. The first kappa shape index (κ1) is 11.1. The van der Waals surface area contributed by atoms with Gasteiger partial charge in [0, 0.05) is 12.5 Å². The van der Waals surface area contributed by atoms with Crippen molar-refractivity contribution in [3.8, 4) is 0 Å². The molecule has 1 aliphatic carbocycles. The van der Waals surface area contributed by atoms with Gasteiger partial charge in [-0.2, -0.15) is 0 Å². The number of aromatic nitrogens is 3. The van der Waals surface area contributed by atoms with E-state index < -0.39 is 5.97 Å². The molecule has 0 radical (unpaired) electrons. The van der Waals surface area contributed by atoms with Crippen molar-refractivity contribution in [2.75, 3.05) is 0 Å². The van der Waals surface area contributed by atoms with Gasteiger partial charge in [0.05, 0.1) is 11.4 Å². The molecule has 1 atom stereocenters. The van der Waals surface area contributed by atoms with Gasteiger partial charge in [0.25, 0.3) is 0 Å². The maximum absolute atomic E-state index is 10.7. The second kappa shape index (κ2) is 4.23. The van der Waals surface area contributed by atoms with Gasteiger partial charge in [0.1, 0.15) is 0 Å². The predicted molar refractivity (Wildman–Crippen MR) is 58.2 cm³/mol. The Kier molecular flexibility index (Phi) is 2.94. The fourth-order valence-electron chi connectivity index (χ4n) is 2.32. The van der Waals surface area contributed by atoms with Crippen LogP contribution in [0, 0.1) is 5.92 Å². The molecule has 1 unspecified atom stereocenters. The third kappa shape index (κ3) is 2.08. The summed E-state index contributed by atoms with van der Waals surface area (Å²) in [5, 5.41) is 17.1. The minimum atomic E-state index is -0.718. The number of aliphatic carboxylic acids is 1. The molecule has 0 saturated carbocycles. The molecule has 1 aliphatic rings. The van der Waals surface area contributed by atoms with Crippen molar-refractivity contribution in [2.45, 2.75) is 45.6 Å². The molecule has 0 fully saturated rings. The van der Waals surface area contributed by atoms with E-state index in [1.165, 1.54) is 5.69 Å². The Morgan fingerprint density at radius 1 is 1.62 bits per heavy atom. The summed E-state index contributed by atoms with van der Waals surface area (Å²) in [7, 11) is 0. The molecule has 0 spiro atoms. The van der Waals surface area contributed by atoms with Crippen molar-refractivity contribution >= 4 is 5.97 Å². The number of carboxylic acids is 1. The standard InChI is InChI=1S/C11H17N3O2/c1-7(2)14-10-4-3-8(6-11(15)16)5-9(10)12-13-14/h7-8H,3-6H2,1-2H3,(H,15,16). The quantitative estimate of drug-likeness (QED) is 0.841. The van der Waals surface area contributed by atoms with Gasteiger partial charge in [0.15, 0.2) is 0 Å². The molecule has 0 bridgehead atoms. The third-order valence-corrected chi connectivity index (χ3v) is 3.10. The lowest BCUT2D eigenvalue weighted by Gasteiger charge is -2.21. The third-order valence-electron chi connectivity index (χ3n) is 3.10. The number of carbonyl (C=O) groups is 1. The molecular weight excluding hydrogens is 206 g/mol. The van der Waals surface area contributed by atoms with E-state index in [4.69, 9.17) is 5.11 Å². The normalized spacial score (nSPS) is 19.8. The average Bonchev–Trinajstić information content (AvgIpc) is 2.59. The van der Waals surface area contributed by atoms with Gasteiger partial charge in [0.2, 0.25) is 0 Å². The molecule has 1 N–H and O–H groups in total. The lowest BCUT2D eigenvalue weighted by atomic mass is 9.87. The summed E-state index contributed by atoms with van der Waals surface area (Å²) >= 11 is 0. The summed E-state index contributed by atoms with van der Waals surface area (Å²) in [6, 6.07) is 0.326. The first-order valence-electron chi connectivity index (χ1n) is 5.72. The van der Waals surface area contributed by atoms with E-state index in [1.807, 2.05) is 4.68 Å². The molecule has 0 aromatic carbocycles. The summed E-state index contributed by atoms with van der Waals surface area (Å²) in [5.41, 5.74) is 2.18. The molecule has 16 heavy (non-hydrogen) atoms. The Morgan fingerprint density at radius 3 is 3.00 bits per heavy atom. The van der Waals surface area contributed by atoms with Gasteiger partial charge in [-0.1, -0.05) is 5.21 Å². The second-order valence-electron chi connectivity index (χ2n) is 4.73. The predicted octanol–water partition coefficient (Wildman–Crippen LogP) is 1.44. The van der Waals surface area contributed by atoms with E-state index in [0.29, 0.717) is 6.04 Å². The zero-order valence-electron chi connectivity index (χ0n) is 9.68. The number of fused-ring (bicyclic) bond motifs is 1. The highest BCUT2D eigenvalue weighted by atomic mass is 16.4. The summed E-state index contributed by atoms with van der Waals surface area (Å²) in [5.74, 6) is -0.494. The second-order valence-corrected chi connectivity index (χ2v) is 4.73. The van der Waals surface area contributed by atoms with Crippen LogP contribution >= 0.6 is 0 Å². The van der Waals surface area contributed by atoms with Crippen molar-refractivity contribution in [2.24, 2.45) is 5.92 Å². The average molecular weight is 223 g/mol. The Balaban J connectivity index is 2.13. The molecule has 0 saturated heterocycles. The van der Waals surface area contributed by atoms with Crippen LogP contribution in [0.1, 0.15) is 44.1 Å². The molecule has 1 heterocycles. The molecule has 5 nitrogen and oxygen atoms in total. The van der Waals surface area contributed by atoms with Gasteiger partial charge in [-0.25, -0.2) is 4.68 Å². The van der Waals surface area contributed by atoms with Crippen LogP contribution in [-0.4, -0.2) is 26.1 Å². The first-order chi connectivity index (χ1) is 7.58.